The minimum Gasteiger partial charge on any atom is -0.307 e. The molecule has 2 heterocycles. The Balaban J connectivity index is 1.99. The van der Waals surface area contributed by atoms with Crippen LogP contribution in [0.5, 0.6) is 0 Å². The first-order valence-corrected chi connectivity index (χ1v) is 8.92. The summed E-state index contributed by atoms with van der Waals surface area (Å²) in [5, 5.41) is 0.932. The maximum atomic E-state index is 13.9. The van der Waals surface area contributed by atoms with E-state index in [9.17, 15) is 4.39 Å². The van der Waals surface area contributed by atoms with Gasteiger partial charge < -0.3 is 5.43 Å². The number of hydrazine groups is 1. The number of hydrogen-bond donors (Lipinski definition) is 2. The Labute approximate surface area is 169 Å². The minimum absolute atomic E-state index is 0.304. The molecule has 0 saturated carbocycles. The van der Waals surface area contributed by atoms with Crippen LogP contribution < -0.4 is 11.3 Å². The summed E-state index contributed by atoms with van der Waals surface area (Å²) in [6.07, 6.45) is 3.37. The van der Waals surface area contributed by atoms with Gasteiger partial charge in [-0.15, -0.1) is 0 Å². The van der Waals surface area contributed by atoms with Crippen molar-refractivity contribution in [1.82, 2.24) is 19.8 Å². The van der Waals surface area contributed by atoms with Crippen LogP contribution in [0.1, 0.15) is 5.69 Å². The van der Waals surface area contributed by atoms with E-state index in [1.807, 2.05) is 0 Å². The minimum atomic E-state index is -0.438. The van der Waals surface area contributed by atoms with E-state index in [2.05, 4.69) is 20.4 Å². The Morgan fingerprint density at radius 2 is 1.93 bits per heavy atom. The number of halogens is 3. The van der Waals surface area contributed by atoms with Gasteiger partial charge in [-0.05, 0) is 48.5 Å². The van der Waals surface area contributed by atoms with Crippen molar-refractivity contribution in [3.8, 4) is 11.3 Å². The number of imidazole rings is 1. The van der Waals surface area contributed by atoms with Crippen molar-refractivity contribution >= 4 is 40.5 Å². The van der Waals surface area contributed by atoms with Gasteiger partial charge in [0.05, 0.1) is 10.7 Å². The summed E-state index contributed by atoms with van der Waals surface area (Å²) in [5.41, 5.74) is 4.51. The van der Waals surface area contributed by atoms with Crippen LogP contribution in [0.15, 0.2) is 65.9 Å². The normalized spacial score (nSPS) is 11.8. The SMILES string of the molecule is NNC(=Nc1ccc(Cl)cc1)c1c(-c2cc(F)ccc2Cl)nc2ncccn12. The van der Waals surface area contributed by atoms with Crippen molar-refractivity contribution in [2.45, 2.75) is 0 Å². The Morgan fingerprint density at radius 3 is 2.68 bits per heavy atom. The van der Waals surface area contributed by atoms with Gasteiger partial charge in [-0.2, -0.15) is 0 Å². The lowest BCUT2D eigenvalue weighted by atomic mass is 10.1. The number of amidine groups is 1. The fourth-order valence-electron chi connectivity index (χ4n) is 2.78. The second-order valence-corrected chi connectivity index (χ2v) is 6.65. The molecule has 0 saturated heterocycles. The Bertz CT molecular complexity index is 1190. The predicted molar refractivity (Wildman–Crippen MR) is 108 cm³/mol. The Kier molecular flexibility index (Phi) is 4.95. The average molecular weight is 415 g/mol. The lowest BCUT2D eigenvalue weighted by Gasteiger charge is -2.09. The molecule has 0 bridgehead atoms. The second-order valence-electron chi connectivity index (χ2n) is 5.80. The molecule has 0 fully saturated rings. The van der Waals surface area contributed by atoms with Crippen molar-refractivity contribution in [1.29, 1.82) is 0 Å². The third-order valence-corrected chi connectivity index (χ3v) is 4.60. The highest BCUT2D eigenvalue weighted by Crippen LogP contribution is 2.31. The van der Waals surface area contributed by atoms with E-state index in [1.54, 1.807) is 47.1 Å². The molecule has 0 atom stereocenters. The first-order chi connectivity index (χ1) is 13.6. The van der Waals surface area contributed by atoms with Crippen LogP contribution in [0, 0.1) is 5.82 Å². The molecule has 0 radical (unpaired) electrons. The Hall–Kier alpha value is -3.00. The number of nitrogens with one attached hydrogen (secondary N) is 1. The molecule has 4 rings (SSSR count). The van der Waals surface area contributed by atoms with E-state index in [-0.39, 0.29) is 0 Å². The number of rotatable bonds is 3. The molecule has 4 aromatic rings. The quantitative estimate of drug-likeness (QED) is 0.225. The molecule has 2 aromatic heterocycles. The molecule has 6 nitrogen and oxygen atoms in total. The van der Waals surface area contributed by atoms with Crippen LogP contribution in [0.2, 0.25) is 10.0 Å². The molecule has 2 aromatic carbocycles. The summed E-state index contributed by atoms with van der Waals surface area (Å²) >= 11 is 12.2. The zero-order chi connectivity index (χ0) is 19.7. The van der Waals surface area contributed by atoms with Crippen LogP contribution >= 0.6 is 23.2 Å². The van der Waals surface area contributed by atoms with E-state index >= 15 is 0 Å². The van der Waals surface area contributed by atoms with Gasteiger partial charge in [0.1, 0.15) is 17.2 Å². The van der Waals surface area contributed by atoms with Gasteiger partial charge in [0, 0.05) is 23.0 Å². The summed E-state index contributed by atoms with van der Waals surface area (Å²) < 4.78 is 15.6. The number of nitrogens with two attached hydrogens (primary N) is 1. The van der Waals surface area contributed by atoms with Crippen LogP contribution in [-0.2, 0) is 0 Å². The number of aliphatic imine (C=N–C) groups is 1. The maximum Gasteiger partial charge on any atom is 0.234 e. The lowest BCUT2D eigenvalue weighted by Crippen LogP contribution is -2.32. The molecular formula is C19H13Cl2FN6. The molecule has 0 aliphatic rings. The third-order valence-electron chi connectivity index (χ3n) is 4.02. The van der Waals surface area contributed by atoms with Gasteiger partial charge in [0.15, 0.2) is 5.84 Å². The van der Waals surface area contributed by atoms with Gasteiger partial charge >= 0.3 is 0 Å². The fourth-order valence-corrected chi connectivity index (χ4v) is 3.11. The van der Waals surface area contributed by atoms with Gasteiger partial charge in [0.2, 0.25) is 5.78 Å². The summed E-state index contributed by atoms with van der Waals surface area (Å²) in [7, 11) is 0. The van der Waals surface area contributed by atoms with Crippen LogP contribution in [0.3, 0.4) is 0 Å². The van der Waals surface area contributed by atoms with Crippen molar-refractivity contribution in [2.75, 3.05) is 0 Å². The van der Waals surface area contributed by atoms with Crippen molar-refractivity contribution in [3.05, 3.63) is 82.5 Å². The van der Waals surface area contributed by atoms with E-state index < -0.39 is 5.82 Å². The number of benzene rings is 2. The van der Waals surface area contributed by atoms with E-state index in [1.165, 1.54) is 18.2 Å². The maximum absolute atomic E-state index is 13.9. The topological polar surface area (TPSA) is 80.6 Å². The first-order valence-electron chi connectivity index (χ1n) is 8.16. The van der Waals surface area contributed by atoms with Crippen molar-refractivity contribution < 1.29 is 4.39 Å². The Morgan fingerprint density at radius 1 is 1.14 bits per heavy atom. The standard InChI is InChI=1S/C19H13Cl2FN6/c20-11-2-5-13(6-3-11)25-18(27-23)17-16(14-10-12(22)4-7-15(14)21)26-19-24-8-1-9-28(17)19/h1-10H,23H2,(H,25,27). The lowest BCUT2D eigenvalue weighted by molar-refractivity contribution is 0.628. The molecule has 0 unspecified atom stereocenters. The largest absolute Gasteiger partial charge is 0.307 e. The monoisotopic (exact) mass is 414 g/mol. The van der Waals surface area contributed by atoms with Gasteiger partial charge in [-0.3, -0.25) is 4.40 Å². The van der Waals surface area contributed by atoms with E-state index in [4.69, 9.17) is 29.0 Å². The number of hydrogen-bond acceptors (Lipinski definition) is 4. The van der Waals surface area contributed by atoms with Gasteiger partial charge in [-0.1, -0.05) is 23.2 Å². The average Bonchev–Trinajstić information content (AvgIpc) is 3.08. The van der Waals surface area contributed by atoms with E-state index in [0.717, 1.165) is 0 Å². The van der Waals surface area contributed by atoms with E-state index in [0.29, 0.717) is 44.3 Å². The second kappa shape index (κ2) is 7.55. The van der Waals surface area contributed by atoms with Gasteiger partial charge in [0.25, 0.3) is 0 Å². The van der Waals surface area contributed by atoms with Crippen LogP contribution in [0.4, 0.5) is 10.1 Å². The molecular weight excluding hydrogens is 402 g/mol. The van der Waals surface area contributed by atoms with Gasteiger partial charge in [-0.25, -0.2) is 25.2 Å². The summed E-state index contributed by atoms with van der Waals surface area (Å²) in [6.45, 7) is 0. The summed E-state index contributed by atoms with van der Waals surface area (Å²) in [4.78, 5) is 13.3. The molecule has 28 heavy (non-hydrogen) atoms. The summed E-state index contributed by atoms with van der Waals surface area (Å²) in [5.74, 6) is 6.03. The number of aromatic nitrogens is 3. The first kappa shape index (κ1) is 18.4. The third kappa shape index (κ3) is 3.43. The van der Waals surface area contributed by atoms with Crippen LogP contribution in [-0.4, -0.2) is 20.2 Å². The highest BCUT2D eigenvalue weighted by Gasteiger charge is 2.21. The fraction of sp³-hybridized carbons (Fsp3) is 0. The van der Waals surface area contributed by atoms with Crippen molar-refractivity contribution in [2.24, 2.45) is 10.8 Å². The molecule has 0 aliphatic carbocycles. The molecule has 9 heteroatoms. The number of fused-ring (bicyclic) bond motifs is 1. The highest BCUT2D eigenvalue weighted by atomic mass is 35.5. The molecule has 0 aliphatic heterocycles. The highest BCUT2D eigenvalue weighted by molar-refractivity contribution is 6.33. The molecule has 3 N–H and O–H groups in total. The number of nitrogens with zero attached hydrogens (tertiary/aromatic N) is 4. The predicted octanol–water partition coefficient (Wildman–Crippen LogP) is 4.38. The zero-order valence-corrected chi connectivity index (χ0v) is 15.8. The smallest absolute Gasteiger partial charge is 0.234 e. The summed E-state index contributed by atoms with van der Waals surface area (Å²) in [6, 6.07) is 12.7. The van der Waals surface area contributed by atoms with Crippen LogP contribution in [0.25, 0.3) is 17.0 Å². The molecule has 0 spiro atoms. The molecule has 0 amide bonds. The van der Waals surface area contributed by atoms with Crippen molar-refractivity contribution in [3.63, 3.8) is 0 Å². The zero-order valence-electron chi connectivity index (χ0n) is 14.3. The molecule has 140 valence electrons.